The summed E-state index contributed by atoms with van der Waals surface area (Å²) in [7, 11) is 0. The summed E-state index contributed by atoms with van der Waals surface area (Å²) in [5, 5.41) is 7.11. The topological polar surface area (TPSA) is 24.1 Å². The molecule has 1 atom stereocenters. The standard InChI is InChI=1S/C12H28N2/c1-9(2)13-8-11(12(5,6)7)14-10(3)4/h9-11,13-14H,8H2,1-7H3. The predicted octanol–water partition coefficient (Wildman–Crippen LogP) is 2.40. The zero-order valence-electron chi connectivity index (χ0n) is 10.9. The molecular weight excluding hydrogens is 172 g/mol. The van der Waals surface area contributed by atoms with Gasteiger partial charge in [-0.1, -0.05) is 48.5 Å². The largest absolute Gasteiger partial charge is 0.313 e. The first kappa shape index (κ1) is 13.9. The molecule has 0 aliphatic carbocycles. The Kier molecular flexibility index (Phi) is 5.68. The molecule has 0 saturated heterocycles. The third kappa shape index (κ3) is 6.39. The van der Waals surface area contributed by atoms with Gasteiger partial charge in [-0.25, -0.2) is 0 Å². The van der Waals surface area contributed by atoms with Crippen LogP contribution in [0.2, 0.25) is 0 Å². The smallest absolute Gasteiger partial charge is 0.0243 e. The van der Waals surface area contributed by atoms with Crippen molar-refractivity contribution < 1.29 is 0 Å². The highest BCUT2D eigenvalue weighted by molar-refractivity contribution is 4.84. The Morgan fingerprint density at radius 2 is 1.43 bits per heavy atom. The number of rotatable bonds is 5. The van der Waals surface area contributed by atoms with Gasteiger partial charge in [-0.15, -0.1) is 0 Å². The van der Waals surface area contributed by atoms with Gasteiger partial charge in [-0.3, -0.25) is 0 Å². The molecule has 0 radical (unpaired) electrons. The Morgan fingerprint density at radius 3 is 1.71 bits per heavy atom. The molecule has 0 rings (SSSR count). The highest BCUT2D eigenvalue weighted by Gasteiger charge is 2.24. The molecule has 0 fully saturated rings. The molecule has 0 saturated carbocycles. The van der Waals surface area contributed by atoms with Gasteiger partial charge in [-0.05, 0) is 5.41 Å². The van der Waals surface area contributed by atoms with Gasteiger partial charge in [0.15, 0.2) is 0 Å². The van der Waals surface area contributed by atoms with Gasteiger partial charge in [0.1, 0.15) is 0 Å². The minimum atomic E-state index is 0.312. The van der Waals surface area contributed by atoms with Crippen LogP contribution < -0.4 is 10.6 Å². The molecule has 2 N–H and O–H groups in total. The summed E-state index contributed by atoms with van der Waals surface area (Å²) < 4.78 is 0. The third-order valence-electron chi connectivity index (χ3n) is 2.31. The lowest BCUT2D eigenvalue weighted by Crippen LogP contribution is -2.50. The van der Waals surface area contributed by atoms with Gasteiger partial charge in [0, 0.05) is 24.7 Å². The average Bonchev–Trinajstić information content (AvgIpc) is 1.94. The van der Waals surface area contributed by atoms with Crippen molar-refractivity contribution in [2.75, 3.05) is 6.54 Å². The monoisotopic (exact) mass is 200 g/mol. The van der Waals surface area contributed by atoms with Gasteiger partial charge in [0.25, 0.3) is 0 Å². The van der Waals surface area contributed by atoms with Crippen molar-refractivity contribution in [2.24, 2.45) is 5.41 Å². The maximum Gasteiger partial charge on any atom is 0.0243 e. The Labute approximate surface area is 89.9 Å². The third-order valence-corrected chi connectivity index (χ3v) is 2.31. The van der Waals surface area contributed by atoms with Crippen LogP contribution in [-0.2, 0) is 0 Å². The van der Waals surface area contributed by atoms with Gasteiger partial charge < -0.3 is 10.6 Å². The SMILES string of the molecule is CC(C)NCC(NC(C)C)C(C)(C)C. The van der Waals surface area contributed by atoms with Crippen molar-refractivity contribution in [1.82, 2.24) is 10.6 Å². The molecular formula is C12H28N2. The molecule has 0 heterocycles. The van der Waals surface area contributed by atoms with Crippen molar-refractivity contribution in [3.63, 3.8) is 0 Å². The van der Waals surface area contributed by atoms with Crippen molar-refractivity contribution in [3.05, 3.63) is 0 Å². The molecule has 0 bridgehead atoms. The molecule has 86 valence electrons. The van der Waals surface area contributed by atoms with Crippen LogP contribution in [0, 0.1) is 5.41 Å². The van der Waals surface area contributed by atoms with E-state index in [-0.39, 0.29) is 0 Å². The van der Waals surface area contributed by atoms with Crippen LogP contribution in [0.25, 0.3) is 0 Å². The van der Waals surface area contributed by atoms with E-state index in [1.54, 1.807) is 0 Å². The van der Waals surface area contributed by atoms with E-state index in [2.05, 4.69) is 59.1 Å². The van der Waals surface area contributed by atoms with Crippen LogP contribution in [0.15, 0.2) is 0 Å². The molecule has 0 aliphatic heterocycles. The van der Waals surface area contributed by atoms with E-state index >= 15 is 0 Å². The minimum absolute atomic E-state index is 0.312. The summed E-state index contributed by atoms with van der Waals surface area (Å²) in [6, 6.07) is 1.65. The van der Waals surface area contributed by atoms with E-state index in [4.69, 9.17) is 0 Å². The maximum absolute atomic E-state index is 3.61. The molecule has 0 spiro atoms. The van der Waals surface area contributed by atoms with Crippen LogP contribution >= 0.6 is 0 Å². The van der Waals surface area contributed by atoms with Crippen molar-refractivity contribution in [2.45, 2.75) is 66.6 Å². The summed E-state index contributed by atoms with van der Waals surface area (Å²) in [6.45, 7) is 16.7. The van der Waals surface area contributed by atoms with E-state index in [9.17, 15) is 0 Å². The second kappa shape index (κ2) is 5.72. The first-order chi connectivity index (χ1) is 6.23. The van der Waals surface area contributed by atoms with E-state index in [0.29, 0.717) is 23.5 Å². The molecule has 0 aromatic rings. The molecule has 14 heavy (non-hydrogen) atoms. The van der Waals surface area contributed by atoms with Gasteiger partial charge >= 0.3 is 0 Å². The fourth-order valence-corrected chi connectivity index (χ4v) is 1.37. The Hall–Kier alpha value is -0.0800. The van der Waals surface area contributed by atoms with E-state index in [1.807, 2.05) is 0 Å². The summed E-state index contributed by atoms with van der Waals surface area (Å²) >= 11 is 0. The first-order valence-corrected chi connectivity index (χ1v) is 5.73. The second-order valence-electron chi connectivity index (χ2n) is 5.80. The fourth-order valence-electron chi connectivity index (χ4n) is 1.37. The lowest BCUT2D eigenvalue weighted by molar-refractivity contribution is 0.242. The number of nitrogens with one attached hydrogen (secondary N) is 2. The molecule has 0 aromatic heterocycles. The Bertz CT molecular complexity index is 145. The van der Waals surface area contributed by atoms with Crippen LogP contribution in [0.5, 0.6) is 0 Å². The zero-order valence-corrected chi connectivity index (χ0v) is 10.9. The lowest BCUT2D eigenvalue weighted by Gasteiger charge is -2.34. The molecule has 2 heteroatoms. The zero-order chi connectivity index (χ0) is 11.4. The summed E-state index contributed by atoms with van der Waals surface area (Å²) in [5.74, 6) is 0. The lowest BCUT2D eigenvalue weighted by atomic mass is 9.86. The van der Waals surface area contributed by atoms with Crippen LogP contribution in [0.4, 0.5) is 0 Å². The molecule has 0 amide bonds. The second-order valence-corrected chi connectivity index (χ2v) is 5.80. The molecule has 1 unspecified atom stereocenters. The highest BCUT2D eigenvalue weighted by atomic mass is 15.0. The number of hydrogen-bond donors (Lipinski definition) is 2. The Morgan fingerprint density at radius 1 is 0.929 bits per heavy atom. The summed E-state index contributed by atoms with van der Waals surface area (Å²) in [6.07, 6.45) is 0. The van der Waals surface area contributed by atoms with Crippen molar-refractivity contribution in [3.8, 4) is 0 Å². The summed E-state index contributed by atoms with van der Waals surface area (Å²) in [5.41, 5.74) is 0.312. The molecule has 0 aromatic carbocycles. The minimum Gasteiger partial charge on any atom is -0.313 e. The van der Waals surface area contributed by atoms with Crippen LogP contribution in [0.1, 0.15) is 48.5 Å². The number of hydrogen-bond acceptors (Lipinski definition) is 2. The van der Waals surface area contributed by atoms with Crippen LogP contribution in [-0.4, -0.2) is 24.7 Å². The van der Waals surface area contributed by atoms with E-state index in [0.717, 1.165) is 6.54 Å². The Balaban J connectivity index is 4.12. The van der Waals surface area contributed by atoms with Gasteiger partial charge in [0.2, 0.25) is 0 Å². The van der Waals surface area contributed by atoms with Crippen molar-refractivity contribution >= 4 is 0 Å². The van der Waals surface area contributed by atoms with Gasteiger partial charge in [-0.2, -0.15) is 0 Å². The first-order valence-electron chi connectivity index (χ1n) is 5.73. The molecule has 0 aliphatic rings. The predicted molar refractivity (Wildman–Crippen MR) is 64.7 cm³/mol. The summed E-state index contributed by atoms with van der Waals surface area (Å²) in [4.78, 5) is 0. The van der Waals surface area contributed by atoms with Crippen molar-refractivity contribution in [1.29, 1.82) is 0 Å². The maximum atomic E-state index is 3.61. The molecule has 2 nitrogen and oxygen atoms in total. The van der Waals surface area contributed by atoms with E-state index < -0.39 is 0 Å². The quantitative estimate of drug-likeness (QED) is 0.712. The van der Waals surface area contributed by atoms with Gasteiger partial charge in [0.05, 0.1) is 0 Å². The highest BCUT2D eigenvalue weighted by Crippen LogP contribution is 2.19. The van der Waals surface area contributed by atoms with Crippen LogP contribution in [0.3, 0.4) is 0 Å². The fraction of sp³-hybridized carbons (Fsp3) is 1.00. The average molecular weight is 200 g/mol. The normalized spacial score (nSPS) is 15.2. The van der Waals surface area contributed by atoms with E-state index in [1.165, 1.54) is 0 Å².